The van der Waals surface area contributed by atoms with E-state index in [-0.39, 0.29) is 0 Å². The quantitative estimate of drug-likeness (QED) is 0.756. The summed E-state index contributed by atoms with van der Waals surface area (Å²) in [4.78, 5) is 4.53. The van der Waals surface area contributed by atoms with Crippen molar-refractivity contribution >= 4 is 11.0 Å². The van der Waals surface area contributed by atoms with Gasteiger partial charge in [-0.1, -0.05) is 12.1 Å². The van der Waals surface area contributed by atoms with Crippen molar-refractivity contribution in [1.82, 2.24) is 0 Å². The first-order chi connectivity index (χ1) is 6.79. The number of furan rings is 1. The van der Waals surface area contributed by atoms with Gasteiger partial charge in [-0.15, -0.1) is 0 Å². The Morgan fingerprint density at radius 3 is 3.00 bits per heavy atom. The van der Waals surface area contributed by atoms with Gasteiger partial charge in [-0.3, -0.25) is 0 Å². The van der Waals surface area contributed by atoms with Gasteiger partial charge in [0, 0.05) is 5.39 Å². The van der Waals surface area contributed by atoms with Crippen molar-refractivity contribution in [3.05, 3.63) is 35.6 Å². The minimum absolute atomic E-state index is 0.533. The van der Waals surface area contributed by atoms with Gasteiger partial charge in [0.05, 0.1) is 6.61 Å². The van der Waals surface area contributed by atoms with Crippen molar-refractivity contribution in [1.29, 1.82) is 0 Å². The molecular weight excluding hydrogens is 178 g/mol. The maximum Gasteiger partial charge on any atom is 0.134 e. The van der Waals surface area contributed by atoms with Crippen LogP contribution in [0.15, 0.2) is 28.7 Å². The second-order valence-electron chi connectivity index (χ2n) is 3.35. The average molecular weight is 191 g/mol. The van der Waals surface area contributed by atoms with E-state index in [1.807, 2.05) is 19.1 Å². The first kappa shape index (κ1) is 9.24. The summed E-state index contributed by atoms with van der Waals surface area (Å²) in [6.45, 7) is 2.48. The van der Waals surface area contributed by atoms with Gasteiger partial charge in [-0.25, -0.2) is 5.90 Å². The Balaban J connectivity index is 2.31. The molecule has 14 heavy (non-hydrogen) atoms. The topological polar surface area (TPSA) is 48.4 Å². The molecule has 2 aromatic rings. The fourth-order valence-corrected chi connectivity index (χ4v) is 1.54. The summed E-state index contributed by atoms with van der Waals surface area (Å²) in [5.74, 6) is 5.91. The van der Waals surface area contributed by atoms with E-state index in [1.165, 1.54) is 5.56 Å². The first-order valence-electron chi connectivity index (χ1n) is 4.60. The van der Waals surface area contributed by atoms with Crippen LogP contribution in [0.4, 0.5) is 0 Å². The second-order valence-corrected chi connectivity index (χ2v) is 3.35. The maximum absolute atomic E-state index is 5.52. The molecule has 3 heteroatoms. The molecule has 0 spiro atoms. The van der Waals surface area contributed by atoms with Crippen LogP contribution in [-0.4, -0.2) is 6.61 Å². The normalized spacial score (nSPS) is 11.0. The van der Waals surface area contributed by atoms with Gasteiger partial charge in [0.25, 0.3) is 0 Å². The Morgan fingerprint density at radius 1 is 1.36 bits per heavy atom. The molecular formula is C11H13NO2. The van der Waals surface area contributed by atoms with E-state index in [1.54, 1.807) is 0 Å². The monoisotopic (exact) mass is 191 g/mol. The number of aryl methyl sites for hydroxylation is 1. The highest BCUT2D eigenvalue weighted by Crippen LogP contribution is 2.20. The van der Waals surface area contributed by atoms with Crippen LogP contribution in [0.25, 0.3) is 11.0 Å². The van der Waals surface area contributed by atoms with Crippen molar-refractivity contribution in [2.24, 2.45) is 5.90 Å². The molecule has 2 rings (SSSR count). The summed E-state index contributed by atoms with van der Waals surface area (Å²) >= 11 is 0. The van der Waals surface area contributed by atoms with E-state index < -0.39 is 0 Å². The van der Waals surface area contributed by atoms with Crippen molar-refractivity contribution in [3.63, 3.8) is 0 Å². The van der Waals surface area contributed by atoms with Crippen LogP contribution >= 0.6 is 0 Å². The van der Waals surface area contributed by atoms with Crippen molar-refractivity contribution in [3.8, 4) is 0 Å². The number of rotatable bonds is 3. The van der Waals surface area contributed by atoms with Gasteiger partial charge in [-0.2, -0.15) is 0 Å². The average Bonchev–Trinajstić information content (AvgIpc) is 2.54. The van der Waals surface area contributed by atoms with Gasteiger partial charge < -0.3 is 9.25 Å². The Labute approximate surface area is 82.4 Å². The molecule has 3 nitrogen and oxygen atoms in total. The van der Waals surface area contributed by atoms with E-state index in [0.29, 0.717) is 6.61 Å². The predicted octanol–water partition coefficient (Wildman–Crippen LogP) is 2.17. The van der Waals surface area contributed by atoms with E-state index in [0.717, 1.165) is 23.2 Å². The third-order valence-electron chi connectivity index (χ3n) is 2.22. The van der Waals surface area contributed by atoms with E-state index in [2.05, 4.69) is 17.0 Å². The van der Waals surface area contributed by atoms with Crippen LogP contribution in [0.5, 0.6) is 0 Å². The molecule has 0 aliphatic heterocycles. The van der Waals surface area contributed by atoms with Crippen molar-refractivity contribution in [2.75, 3.05) is 6.61 Å². The summed E-state index contributed by atoms with van der Waals surface area (Å²) < 4.78 is 5.52. The number of fused-ring (bicyclic) bond motifs is 1. The highest BCUT2D eigenvalue weighted by molar-refractivity contribution is 5.78. The Kier molecular flexibility index (Phi) is 2.52. The summed E-state index contributed by atoms with van der Waals surface area (Å²) in [7, 11) is 0. The number of benzene rings is 1. The van der Waals surface area contributed by atoms with Gasteiger partial charge in [0.1, 0.15) is 11.3 Å². The van der Waals surface area contributed by atoms with Crippen molar-refractivity contribution in [2.45, 2.75) is 13.3 Å². The summed E-state index contributed by atoms with van der Waals surface area (Å²) in [6.07, 6.45) is 0.812. The molecule has 1 heterocycles. The molecule has 1 aromatic carbocycles. The largest absolute Gasteiger partial charge is 0.461 e. The molecule has 0 atom stereocenters. The lowest BCUT2D eigenvalue weighted by Crippen LogP contribution is -2.03. The number of hydrogen-bond acceptors (Lipinski definition) is 3. The van der Waals surface area contributed by atoms with Crippen LogP contribution in [0.1, 0.15) is 11.3 Å². The fraction of sp³-hybridized carbons (Fsp3) is 0.273. The molecule has 0 bridgehead atoms. The smallest absolute Gasteiger partial charge is 0.134 e. The molecule has 0 unspecified atom stereocenters. The fourth-order valence-electron chi connectivity index (χ4n) is 1.54. The Morgan fingerprint density at radius 2 is 2.21 bits per heavy atom. The molecule has 0 radical (unpaired) electrons. The third kappa shape index (κ3) is 1.78. The second kappa shape index (κ2) is 3.82. The molecule has 1 aromatic heterocycles. The zero-order valence-electron chi connectivity index (χ0n) is 8.12. The molecule has 0 saturated heterocycles. The molecule has 74 valence electrons. The summed E-state index contributed by atoms with van der Waals surface area (Å²) in [5.41, 5.74) is 2.11. The molecule has 0 saturated carbocycles. The SMILES string of the molecule is Cc1cc2ccc(CCON)cc2o1. The molecule has 0 amide bonds. The Hall–Kier alpha value is -1.32. The third-order valence-corrected chi connectivity index (χ3v) is 2.22. The minimum Gasteiger partial charge on any atom is -0.461 e. The first-order valence-corrected chi connectivity index (χ1v) is 4.60. The van der Waals surface area contributed by atoms with E-state index in [4.69, 9.17) is 10.3 Å². The van der Waals surface area contributed by atoms with E-state index in [9.17, 15) is 0 Å². The molecule has 0 aliphatic rings. The van der Waals surface area contributed by atoms with Crippen molar-refractivity contribution < 1.29 is 9.25 Å². The zero-order chi connectivity index (χ0) is 9.97. The van der Waals surface area contributed by atoms with Crippen LogP contribution in [0.2, 0.25) is 0 Å². The zero-order valence-corrected chi connectivity index (χ0v) is 8.12. The van der Waals surface area contributed by atoms with Crippen LogP contribution in [0.3, 0.4) is 0 Å². The molecule has 0 fully saturated rings. The van der Waals surface area contributed by atoms with Gasteiger partial charge in [0.15, 0.2) is 0 Å². The maximum atomic E-state index is 5.52. The van der Waals surface area contributed by atoms with Crippen LogP contribution in [-0.2, 0) is 11.3 Å². The number of nitrogens with two attached hydrogens (primary N) is 1. The summed E-state index contributed by atoms with van der Waals surface area (Å²) in [5, 5.41) is 1.14. The highest BCUT2D eigenvalue weighted by Gasteiger charge is 2.01. The molecule has 0 aliphatic carbocycles. The highest BCUT2D eigenvalue weighted by atomic mass is 16.6. The van der Waals surface area contributed by atoms with E-state index >= 15 is 0 Å². The lowest BCUT2D eigenvalue weighted by Gasteiger charge is -1.98. The predicted molar refractivity (Wildman–Crippen MR) is 54.8 cm³/mol. The lowest BCUT2D eigenvalue weighted by molar-refractivity contribution is 0.141. The molecule has 2 N–H and O–H groups in total. The van der Waals surface area contributed by atoms with Crippen LogP contribution < -0.4 is 5.90 Å². The standard InChI is InChI=1S/C11H13NO2/c1-8-6-10-3-2-9(4-5-13-12)7-11(10)14-8/h2-3,6-7H,4-5,12H2,1H3. The van der Waals surface area contributed by atoms with Crippen LogP contribution in [0, 0.1) is 6.92 Å². The minimum atomic E-state index is 0.533. The lowest BCUT2D eigenvalue weighted by atomic mass is 10.1. The number of hydrogen-bond donors (Lipinski definition) is 1. The van der Waals surface area contributed by atoms with Gasteiger partial charge in [0.2, 0.25) is 0 Å². The Bertz CT molecular complexity index is 434. The van der Waals surface area contributed by atoms with Gasteiger partial charge >= 0.3 is 0 Å². The summed E-state index contributed by atoms with van der Waals surface area (Å²) in [6, 6.07) is 8.17. The van der Waals surface area contributed by atoms with Gasteiger partial charge in [-0.05, 0) is 31.0 Å².